The lowest BCUT2D eigenvalue weighted by atomic mass is 10.5. The van der Waals surface area contributed by atoms with Gasteiger partial charge in [-0.3, -0.25) is 0 Å². The molecule has 74 valence electrons. The summed E-state index contributed by atoms with van der Waals surface area (Å²) in [5.74, 6) is -0.276. The fourth-order valence-electron chi connectivity index (χ4n) is 1.19. The Bertz CT molecular complexity index is 474. The molecule has 0 aromatic carbocycles. The van der Waals surface area contributed by atoms with Gasteiger partial charge < -0.3 is 5.73 Å². The number of hydrogen-bond donors (Lipinski definition) is 1. The van der Waals surface area contributed by atoms with Crippen molar-refractivity contribution in [3.63, 3.8) is 0 Å². The Morgan fingerprint density at radius 2 is 2.29 bits per heavy atom. The van der Waals surface area contributed by atoms with Crippen LogP contribution in [-0.2, 0) is 7.05 Å². The van der Waals surface area contributed by atoms with Crippen LogP contribution in [0.25, 0.3) is 5.82 Å². The first-order chi connectivity index (χ1) is 6.59. The minimum Gasteiger partial charge on any atom is -0.392 e. The summed E-state index contributed by atoms with van der Waals surface area (Å²) in [4.78, 5) is 0. The molecule has 0 bridgehead atoms. The predicted molar refractivity (Wildman–Crippen MR) is 52.4 cm³/mol. The maximum atomic E-state index is 13.0. The molecule has 0 spiro atoms. The zero-order chi connectivity index (χ0) is 10.3. The third-order valence-corrected chi connectivity index (χ3v) is 2.19. The fraction of sp³-hybridized carbons (Fsp3) is 0.143. The van der Waals surface area contributed by atoms with E-state index in [1.807, 2.05) is 0 Å². The van der Waals surface area contributed by atoms with Crippen LogP contribution < -0.4 is 5.73 Å². The number of nitrogens with two attached hydrogens (primary N) is 1. The number of aromatic nitrogens is 4. The lowest BCUT2D eigenvalue weighted by Crippen LogP contribution is -2.05. The largest absolute Gasteiger partial charge is 0.392 e. The Balaban J connectivity index is 2.61. The highest BCUT2D eigenvalue weighted by molar-refractivity contribution is 9.10. The van der Waals surface area contributed by atoms with Gasteiger partial charge in [-0.15, -0.1) is 5.10 Å². The maximum absolute atomic E-state index is 13.0. The molecule has 0 aliphatic rings. The number of rotatable bonds is 1. The first-order valence-electron chi connectivity index (χ1n) is 3.78. The van der Waals surface area contributed by atoms with Gasteiger partial charge in [-0.1, -0.05) is 0 Å². The Morgan fingerprint density at radius 1 is 1.57 bits per heavy atom. The summed E-state index contributed by atoms with van der Waals surface area (Å²) < 4.78 is 16.6. The Labute approximate surface area is 87.4 Å². The zero-order valence-corrected chi connectivity index (χ0v) is 8.86. The molecule has 2 rings (SSSR count). The monoisotopic (exact) mass is 259 g/mol. The summed E-state index contributed by atoms with van der Waals surface area (Å²) in [6.45, 7) is 0. The second-order valence-corrected chi connectivity index (χ2v) is 3.67. The number of hydrogen-bond acceptors (Lipinski definition) is 3. The van der Waals surface area contributed by atoms with Crippen molar-refractivity contribution in [2.75, 3.05) is 5.73 Å². The molecule has 0 aliphatic carbocycles. The van der Waals surface area contributed by atoms with E-state index in [0.29, 0.717) is 5.82 Å². The molecule has 0 saturated carbocycles. The van der Waals surface area contributed by atoms with E-state index in [1.165, 1.54) is 9.36 Å². The molecule has 5 nitrogen and oxygen atoms in total. The zero-order valence-electron chi connectivity index (χ0n) is 7.28. The lowest BCUT2D eigenvalue weighted by molar-refractivity contribution is 0.553. The average Bonchev–Trinajstić information content (AvgIpc) is 2.60. The van der Waals surface area contributed by atoms with Crippen LogP contribution in [0, 0.1) is 5.95 Å². The normalized spacial score (nSPS) is 10.8. The van der Waals surface area contributed by atoms with Crippen molar-refractivity contribution in [1.29, 1.82) is 0 Å². The molecular formula is C7H7BrFN5. The molecule has 2 N–H and O–H groups in total. The van der Waals surface area contributed by atoms with Crippen LogP contribution in [0.3, 0.4) is 0 Å². The average molecular weight is 260 g/mol. The summed E-state index contributed by atoms with van der Waals surface area (Å²) in [6.07, 6.45) is 3.26. The number of aryl methyl sites for hydroxylation is 1. The van der Waals surface area contributed by atoms with Gasteiger partial charge in [-0.05, 0) is 15.9 Å². The van der Waals surface area contributed by atoms with Crippen molar-refractivity contribution in [3.8, 4) is 5.82 Å². The number of nitrogen functional groups attached to an aromatic ring is 1. The van der Waals surface area contributed by atoms with Crippen molar-refractivity contribution in [1.82, 2.24) is 19.6 Å². The van der Waals surface area contributed by atoms with E-state index in [2.05, 4.69) is 26.1 Å². The van der Waals surface area contributed by atoms with Crippen molar-refractivity contribution >= 4 is 21.6 Å². The molecular weight excluding hydrogens is 253 g/mol. The van der Waals surface area contributed by atoms with E-state index < -0.39 is 5.95 Å². The molecule has 0 atom stereocenters. The molecule has 2 aromatic rings. The van der Waals surface area contributed by atoms with Gasteiger partial charge in [0.05, 0.1) is 10.7 Å². The highest BCUT2D eigenvalue weighted by Crippen LogP contribution is 2.20. The SMILES string of the molecule is Cn1nc(F)c(N)c1-n1cc(Br)cn1. The maximum Gasteiger partial charge on any atom is 0.257 e. The van der Waals surface area contributed by atoms with Crippen molar-refractivity contribution < 1.29 is 4.39 Å². The molecule has 0 radical (unpaired) electrons. The first-order valence-corrected chi connectivity index (χ1v) is 4.57. The predicted octanol–water partition coefficient (Wildman–Crippen LogP) is 1.09. The summed E-state index contributed by atoms with van der Waals surface area (Å²) in [7, 11) is 1.60. The van der Waals surface area contributed by atoms with Crippen LogP contribution in [0.1, 0.15) is 0 Å². The molecule has 0 saturated heterocycles. The van der Waals surface area contributed by atoms with Gasteiger partial charge in [0.15, 0.2) is 5.82 Å². The van der Waals surface area contributed by atoms with Gasteiger partial charge in [0.1, 0.15) is 5.69 Å². The minimum atomic E-state index is -0.686. The van der Waals surface area contributed by atoms with Gasteiger partial charge in [-0.2, -0.15) is 9.49 Å². The fourth-order valence-corrected chi connectivity index (χ4v) is 1.47. The Morgan fingerprint density at radius 3 is 2.71 bits per heavy atom. The van der Waals surface area contributed by atoms with E-state index in [-0.39, 0.29) is 5.69 Å². The third-order valence-electron chi connectivity index (χ3n) is 1.78. The van der Waals surface area contributed by atoms with Crippen LogP contribution in [0.2, 0.25) is 0 Å². The summed E-state index contributed by atoms with van der Waals surface area (Å²) in [5, 5.41) is 7.53. The quantitative estimate of drug-likeness (QED) is 0.834. The summed E-state index contributed by atoms with van der Waals surface area (Å²) in [6, 6.07) is 0. The van der Waals surface area contributed by atoms with Crippen LogP contribution in [-0.4, -0.2) is 19.6 Å². The van der Waals surface area contributed by atoms with Crippen LogP contribution in [0.4, 0.5) is 10.1 Å². The molecule has 14 heavy (non-hydrogen) atoms. The molecule has 7 heteroatoms. The van der Waals surface area contributed by atoms with E-state index in [9.17, 15) is 4.39 Å². The van der Waals surface area contributed by atoms with Crippen LogP contribution in [0.15, 0.2) is 16.9 Å². The standard InChI is InChI=1S/C7H7BrFN5/c1-13-7(5(10)6(9)12-13)14-3-4(8)2-11-14/h2-3H,10H2,1H3. The van der Waals surface area contributed by atoms with E-state index in [1.54, 1.807) is 19.4 Å². The van der Waals surface area contributed by atoms with Gasteiger partial charge >= 0.3 is 0 Å². The van der Waals surface area contributed by atoms with E-state index >= 15 is 0 Å². The number of nitrogens with zero attached hydrogens (tertiary/aromatic N) is 4. The molecule has 2 heterocycles. The topological polar surface area (TPSA) is 61.7 Å². The molecule has 2 aromatic heterocycles. The highest BCUT2D eigenvalue weighted by Gasteiger charge is 2.15. The second-order valence-electron chi connectivity index (χ2n) is 2.75. The smallest absolute Gasteiger partial charge is 0.257 e. The second kappa shape index (κ2) is 3.09. The lowest BCUT2D eigenvalue weighted by Gasteiger charge is -2.01. The molecule has 0 aliphatic heterocycles. The molecule has 0 fully saturated rings. The van der Waals surface area contributed by atoms with Gasteiger partial charge in [0, 0.05) is 13.2 Å². The van der Waals surface area contributed by atoms with Gasteiger partial charge in [-0.25, -0.2) is 9.36 Å². The molecule has 0 unspecified atom stereocenters. The Hall–Kier alpha value is -1.37. The van der Waals surface area contributed by atoms with Crippen molar-refractivity contribution in [3.05, 3.63) is 22.8 Å². The highest BCUT2D eigenvalue weighted by atomic mass is 79.9. The summed E-state index contributed by atoms with van der Waals surface area (Å²) >= 11 is 3.24. The summed E-state index contributed by atoms with van der Waals surface area (Å²) in [5.41, 5.74) is 5.50. The minimum absolute atomic E-state index is 0.0110. The van der Waals surface area contributed by atoms with E-state index in [0.717, 1.165) is 4.47 Å². The van der Waals surface area contributed by atoms with Crippen LogP contribution >= 0.6 is 15.9 Å². The van der Waals surface area contributed by atoms with Gasteiger partial charge in [0.2, 0.25) is 0 Å². The molecule has 0 amide bonds. The third kappa shape index (κ3) is 1.29. The first kappa shape index (κ1) is 9.20. The van der Waals surface area contributed by atoms with Crippen LogP contribution in [0.5, 0.6) is 0 Å². The Kier molecular flexibility index (Phi) is 2.03. The number of anilines is 1. The number of halogens is 2. The van der Waals surface area contributed by atoms with Crippen molar-refractivity contribution in [2.24, 2.45) is 7.05 Å². The van der Waals surface area contributed by atoms with Gasteiger partial charge in [0.25, 0.3) is 5.95 Å². The van der Waals surface area contributed by atoms with Crippen molar-refractivity contribution in [2.45, 2.75) is 0 Å². The van der Waals surface area contributed by atoms with E-state index in [4.69, 9.17) is 5.73 Å².